The molecule has 0 spiro atoms. The summed E-state index contributed by atoms with van der Waals surface area (Å²) in [5.41, 5.74) is 2.08. The highest BCUT2D eigenvalue weighted by Crippen LogP contribution is 2.32. The maximum absolute atomic E-state index is 12.1. The number of rotatable bonds is 5. The molecule has 114 valence electrons. The van der Waals surface area contributed by atoms with Crippen LogP contribution in [0.4, 0.5) is 0 Å². The number of carbonyl (C=O) groups excluding carboxylic acids is 2. The van der Waals surface area contributed by atoms with Crippen molar-refractivity contribution in [2.75, 3.05) is 13.1 Å². The van der Waals surface area contributed by atoms with Crippen LogP contribution in [0, 0.1) is 19.8 Å². The third-order valence-electron chi connectivity index (χ3n) is 4.24. The van der Waals surface area contributed by atoms with Crippen LogP contribution >= 0.6 is 0 Å². The summed E-state index contributed by atoms with van der Waals surface area (Å²) in [5, 5.41) is 7.29. The van der Waals surface area contributed by atoms with E-state index in [-0.39, 0.29) is 17.7 Å². The van der Waals surface area contributed by atoms with E-state index < -0.39 is 0 Å². The summed E-state index contributed by atoms with van der Waals surface area (Å²) in [7, 11) is 0. The van der Waals surface area contributed by atoms with Crippen molar-refractivity contribution in [3.8, 4) is 0 Å². The molecule has 0 aromatic carbocycles. The first-order chi connectivity index (χ1) is 10.0. The van der Waals surface area contributed by atoms with Crippen LogP contribution in [0.25, 0.3) is 0 Å². The summed E-state index contributed by atoms with van der Waals surface area (Å²) in [6.07, 6.45) is 2.55. The second-order valence-electron chi connectivity index (χ2n) is 6.12. The Bertz CT molecular complexity index is 562. The Hall–Kier alpha value is -1.85. The molecule has 0 bridgehead atoms. The maximum atomic E-state index is 12.1. The van der Waals surface area contributed by atoms with Gasteiger partial charge in [0.2, 0.25) is 11.8 Å². The third kappa shape index (κ3) is 3.09. The van der Waals surface area contributed by atoms with Crippen LogP contribution < -0.4 is 5.32 Å². The number of hydrogen-bond acceptors (Lipinski definition) is 3. The first-order valence-corrected chi connectivity index (χ1v) is 7.63. The van der Waals surface area contributed by atoms with Crippen LogP contribution in [-0.4, -0.2) is 45.6 Å². The molecular weight excluding hydrogens is 268 g/mol. The highest BCUT2D eigenvalue weighted by atomic mass is 16.2. The number of hydrogen-bond donors (Lipinski definition) is 1. The van der Waals surface area contributed by atoms with Crippen LogP contribution in [0.1, 0.15) is 30.7 Å². The summed E-state index contributed by atoms with van der Waals surface area (Å²) in [5.74, 6) is -0.0530. The number of aryl methyl sites for hydroxylation is 2. The summed E-state index contributed by atoms with van der Waals surface area (Å²) in [6, 6.07) is 2.43. The van der Waals surface area contributed by atoms with E-state index in [0.717, 1.165) is 24.2 Å². The van der Waals surface area contributed by atoms with E-state index in [1.54, 1.807) is 0 Å². The number of likely N-dealkylation sites (tertiary alicyclic amines) is 1. The molecule has 21 heavy (non-hydrogen) atoms. The minimum Gasteiger partial charge on any atom is -0.354 e. The van der Waals surface area contributed by atoms with Crippen LogP contribution in [0.5, 0.6) is 0 Å². The molecule has 1 aromatic rings. The van der Waals surface area contributed by atoms with Gasteiger partial charge in [0.15, 0.2) is 0 Å². The highest BCUT2D eigenvalue weighted by Gasteiger charge is 2.41. The molecule has 1 aliphatic heterocycles. The third-order valence-corrected chi connectivity index (χ3v) is 4.24. The molecule has 0 radical (unpaired) electrons. The molecule has 1 saturated carbocycles. The quantitative estimate of drug-likeness (QED) is 0.865. The van der Waals surface area contributed by atoms with Crippen LogP contribution in [0.2, 0.25) is 0 Å². The molecule has 1 aliphatic carbocycles. The molecule has 2 amide bonds. The van der Waals surface area contributed by atoms with E-state index in [9.17, 15) is 9.59 Å². The molecule has 1 saturated heterocycles. The predicted octanol–water partition coefficient (Wildman–Crippen LogP) is 0.627. The second-order valence-corrected chi connectivity index (χ2v) is 6.12. The predicted molar refractivity (Wildman–Crippen MR) is 77.6 cm³/mol. The van der Waals surface area contributed by atoms with Crippen LogP contribution in [-0.2, 0) is 16.1 Å². The van der Waals surface area contributed by atoms with Crippen molar-refractivity contribution in [2.24, 2.45) is 5.92 Å². The van der Waals surface area contributed by atoms with Crippen molar-refractivity contribution in [3.63, 3.8) is 0 Å². The molecule has 2 fully saturated rings. The standard InChI is InChI=1S/C15H22N4O2/c1-10-7-11(2)19(17-10)6-5-16-15(21)12-8-14(20)18(9-12)13-3-4-13/h7,12-13H,3-6,8-9H2,1-2H3,(H,16,21). The zero-order valence-electron chi connectivity index (χ0n) is 12.6. The van der Waals surface area contributed by atoms with Gasteiger partial charge in [-0.05, 0) is 32.8 Å². The van der Waals surface area contributed by atoms with Crippen LogP contribution in [0.3, 0.4) is 0 Å². The number of aromatic nitrogens is 2. The molecule has 1 atom stereocenters. The number of carbonyl (C=O) groups is 2. The van der Waals surface area contributed by atoms with E-state index in [2.05, 4.69) is 10.4 Å². The van der Waals surface area contributed by atoms with Gasteiger partial charge in [0, 0.05) is 31.2 Å². The lowest BCUT2D eigenvalue weighted by Gasteiger charge is -2.15. The molecule has 3 rings (SSSR count). The Kier molecular flexibility index (Phi) is 3.69. The van der Waals surface area contributed by atoms with Gasteiger partial charge in [0.1, 0.15) is 0 Å². The first kappa shape index (κ1) is 14.1. The Balaban J connectivity index is 1.46. The molecule has 6 nitrogen and oxygen atoms in total. The Morgan fingerprint density at radius 3 is 2.81 bits per heavy atom. The average molecular weight is 290 g/mol. The lowest BCUT2D eigenvalue weighted by Crippen LogP contribution is -2.35. The monoisotopic (exact) mass is 290 g/mol. The van der Waals surface area contributed by atoms with Gasteiger partial charge in [-0.3, -0.25) is 14.3 Å². The second kappa shape index (κ2) is 5.50. The largest absolute Gasteiger partial charge is 0.354 e. The van der Waals surface area contributed by atoms with E-state index in [1.165, 1.54) is 0 Å². The fourth-order valence-corrected chi connectivity index (χ4v) is 2.98. The topological polar surface area (TPSA) is 67.2 Å². The zero-order valence-corrected chi connectivity index (χ0v) is 12.6. The van der Waals surface area contributed by atoms with Gasteiger partial charge >= 0.3 is 0 Å². The normalized spacial score (nSPS) is 21.9. The Morgan fingerprint density at radius 2 is 2.19 bits per heavy atom. The minimum atomic E-state index is -0.182. The summed E-state index contributed by atoms with van der Waals surface area (Å²) in [6.45, 7) is 5.77. The highest BCUT2D eigenvalue weighted by molar-refractivity contribution is 5.89. The average Bonchev–Trinajstić information content (AvgIpc) is 3.12. The lowest BCUT2D eigenvalue weighted by molar-refractivity contribution is -0.129. The summed E-state index contributed by atoms with van der Waals surface area (Å²) in [4.78, 5) is 25.9. The Labute approximate surface area is 124 Å². The van der Waals surface area contributed by atoms with E-state index >= 15 is 0 Å². The van der Waals surface area contributed by atoms with Crippen molar-refractivity contribution in [2.45, 2.75) is 45.7 Å². The van der Waals surface area contributed by atoms with E-state index in [0.29, 0.717) is 32.1 Å². The van der Waals surface area contributed by atoms with Crippen molar-refractivity contribution in [3.05, 3.63) is 17.5 Å². The maximum Gasteiger partial charge on any atom is 0.225 e. The summed E-state index contributed by atoms with van der Waals surface area (Å²) < 4.78 is 1.89. The zero-order chi connectivity index (χ0) is 15.0. The molecule has 2 heterocycles. The lowest BCUT2D eigenvalue weighted by atomic mass is 10.1. The molecule has 1 unspecified atom stereocenters. The molecule has 1 aromatic heterocycles. The SMILES string of the molecule is Cc1cc(C)n(CCNC(=O)C2CC(=O)N(C3CC3)C2)n1. The van der Waals surface area contributed by atoms with Gasteiger partial charge in [-0.25, -0.2) is 0 Å². The first-order valence-electron chi connectivity index (χ1n) is 7.63. The number of nitrogens with zero attached hydrogens (tertiary/aromatic N) is 3. The minimum absolute atomic E-state index is 0.00645. The van der Waals surface area contributed by atoms with Crippen LogP contribution in [0.15, 0.2) is 6.07 Å². The van der Waals surface area contributed by atoms with Gasteiger partial charge in [-0.2, -0.15) is 5.10 Å². The van der Waals surface area contributed by atoms with Gasteiger partial charge in [-0.15, -0.1) is 0 Å². The van der Waals surface area contributed by atoms with Crippen molar-refractivity contribution in [1.82, 2.24) is 20.0 Å². The van der Waals surface area contributed by atoms with E-state index in [1.807, 2.05) is 29.5 Å². The van der Waals surface area contributed by atoms with E-state index in [4.69, 9.17) is 0 Å². The van der Waals surface area contributed by atoms with Gasteiger partial charge in [-0.1, -0.05) is 0 Å². The number of nitrogens with one attached hydrogen (secondary N) is 1. The molecule has 6 heteroatoms. The fourth-order valence-electron chi connectivity index (χ4n) is 2.98. The molecule has 1 N–H and O–H groups in total. The summed E-state index contributed by atoms with van der Waals surface area (Å²) >= 11 is 0. The van der Waals surface area contributed by atoms with Crippen molar-refractivity contribution >= 4 is 11.8 Å². The number of amides is 2. The fraction of sp³-hybridized carbons (Fsp3) is 0.667. The smallest absolute Gasteiger partial charge is 0.225 e. The Morgan fingerprint density at radius 1 is 1.43 bits per heavy atom. The van der Waals surface area contributed by atoms with Gasteiger partial charge in [0.05, 0.1) is 18.2 Å². The molecule has 2 aliphatic rings. The van der Waals surface area contributed by atoms with Crippen molar-refractivity contribution < 1.29 is 9.59 Å². The van der Waals surface area contributed by atoms with Crippen molar-refractivity contribution in [1.29, 1.82) is 0 Å². The van der Waals surface area contributed by atoms with Gasteiger partial charge < -0.3 is 10.2 Å². The molecular formula is C15H22N4O2. The van der Waals surface area contributed by atoms with Gasteiger partial charge in [0.25, 0.3) is 0 Å².